The molecule has 2 aromatic heterocycles. The third-order valence-electron chi connectivity index (χ3n) is 8.16. The first-order chi connectivity index (χ1) is 20.8. The van der Waals surface area contributed by atoms with Crippen LogP contribution in [0.3, 0.4) is 0 Å². The quantitative estimate of drug-likeness (QED) is 0.225. The first-order valence-electron chi connectivity index (χ1n) is 14.2. The van der Waals surface area contributed by atoms with Crippen molar-refractivity contribution in [1.29, 1.82) is 0 Å². The highest BCUT2D eigenvalue weighted by molar-refractivity contribution is 5.93. The fourth-order valence-corrected chi connectivity index (χ4v) is 6.13. The van der Waals surface area contributed by atoms with Crippen LogP contribution in [0.5, 0.6) is 0 Å². The van der Waals surface area contributed by atoms with Gasteiger partial charge in [0.1, 0.15) is 0 Å². The summed E-state index contributed by atoms with van der Waals surface area (Å²) in [7, 11) is 0. The Labute approximate surface area is 244 Å². The minimum atomic E-state index is 0.394. The largest absolute Gasteiger partial charge is 0.264 e. The van der Waals surface area contributed by atoms with E-state index in [9.17, 15) is 0 Å². The van der Waals surface area contributed by atoms with E-state index in [0.29, 0.717) is 23.4 Å². The number of hydrogen-bond acceptors (Lipinski definition) is 4. The van der Waals surface area contributed by atoms with Gasteiger partial charge in [0, 0.05) is 40.6 Å². The highest BCUT2D eigenvalue weighted by Gasteiger charge is 2.29. The monoisotopic (exact) mass is 538 g/mol. The Balaban J connectivity index is 1.30. The summed E-state index contributed by atoms with van der Waals surface area (Å²) in [6.45, 7) is 0. The molecule has 0 N–H and O–H groups in total. The average Bonchev–Trinajstić information content (AvgIpc) is 3.09. The fraction of sp³-hybridized carbons (Fsp3) is 0.0526. The van der Waals surface area contributed by atoms with Crippen molar-refractivity contribution >= 4 is 5.57 Å². The average molecular weight is 539 g/mol. The third kappa shape index (κ3) is 4.25. The van der Waals surface area contributed by atoms with Gasteiger partial charge in [0.15, 0.2) is 17.5 Å². The first kappa shape index (κ1) is 24.3. The minimum absolute atomic E-state index is 0.394. The molecule has 4 heteroatoms. The number of fused-ring (bicyclic) bond motifs is 6. The minimum Gasteiger partial charge on any atom is -0.264 e. The van der Waals surface area contributed by atoms with Crippen molar-refractivity contribution in [3.8, 4) is 56.4 Å². The van der Waals surface area contributed by atoms with Gasteiger partial charge in [-0.2, -0.15) is 0 Å². The van der Waals surface area contributed by atoms with Crippen LogP contribution in [0.25, 0.3) is 62.0 Å². The molecule has 0 aliphatic heterocycles. The molecule has 0 saturated carbocycles. The van der Waals surface area contributed by atoms with Crippen molar-refractivity contribution < 1.29 is 0 Å². The van der Waals surface area contributed by atoms with Crippen LogP contribution >= 0.6 is 0 Å². The lowest BCUT2D eigenvalue weighted by Crippen LogP contribution is -2.12. The van der Waals surface area contributed by atoms with Crippen LogP contribution in [0, 0.1) is 0 Å². The van der Waals surface area contributed by atoms with Crippen LogP contribution in [-0.4, -0.2) is 19.9 Å². The Morgan fingerprint density at radius 2 is 1.24 bits per heavy atom. The lowest BCUT2D eigenvalue weighted by Gasteiger charge is -2.31. The molecule has 8 rings (SSSR count). The summed E-state index contributed by atoms with van der Waals surface area (Å²) in [5, 5.41) is 0. The Morgan fingerprint density at radius 3 is 2.07 bits per heavy atom. The third-order valence-corrected chi connectivity index (χ3v) is 8.16. The van der Waals surface area contributed by atoms with Crippen molar-refractivity contribution in [2.75, 3.05) is 0 Å². The molecule has 4 nitrogen and oxygen atoms in total. The van der Waals surface area contributed by atoms with Crippen LogP contribution in [-0.2, 0) is 0 Å². The highest BCUT2D eigenvalue weighted by atomic mass is 15.0. The van der Waals surface area contributed by atoms with Crippen molar-refractivity contribution in [1.82, 2.24) is 19.9 Å². The zero-order chi connectivity index (χ0) is 27.9. The molecule has 2 aliphatic carbocycles. The zero-order valence-electron chi connectivity index (χ0n) is 22.9. The number of benzene rings is 4. The van der Waals surface area contributed by atoms with Gasteiger partial charge in [-0.1, -0.05) is 109 Å². The smallest absolute Gasteiger partial charge is 0.164 e. The molecule has 0 radical (unpaired) electrons. The Hall–Kier alpha value is -5.48. The number of pyridine rings is 1. The lowest BCUT2D eigenvalue weighted by atomic mass is 9.72. The molecule has 4 aromatic carbocycles. The van der Waals surface area contributed by atoms with Crippen molar-refractivity contribution in [2.45, 2.75) is 12.3 Å². The van der Waals surface area contributed by atoms with E-state index < -0.39 is 0 Å². The summed E-state index contributed by atoms with van der Waals surface area (Å²) in [5.74, 6) is 2.35. The van der Waals surface area contributed by atoms with E-state index in [2.05, 4.69) is 89.9 Å². The Bertz CT molecular complexity index is 2010. The van der Waals surface area contributed by atoms with E-state index in [-0.39, 0.29) is 0 Å². The molecule has 6 aromatic rings. The number of aromatic nitrogens is 4. The van der Waals surface area contributed by atoms with Crippen molar-refractivity contribution in [3.63, 3.8) is 0 Å². The van der Waals surface area contributed by atoms with Crippen LogP contribution in [0.15, 0.2) is 140 Å². The van der Waals surface area contributed by atoms with E-state index >= 15 is 0 Å². The Kier molecular flexibility index (Phi) is 5.89. The summed E-state index contributed by atoms with van der Waals surface area (Å²) in [6.07, 6.45) is 11.4. The summed E-state index contributed by atoms with van der Waals surface area (Å²) in [6, 6.07) is 37.9. The number of nitrogens with zero attached hydrogens (tertiary/aromatic N) is 4. The molecule has 1 unspecified atom stereocenters. The maximum absolute atomic E-state index is 5.06. The van der Waals surface area contributed by atoms with Crippen LogP contribution < -0.4 is 0 Å². The van der Waals surface area contributed by atoms with Gasteiger partial charge >= 0.3 is 0 Å². The number of allylic oxidation sites excluding steroid dienone is 4. The van der Waals surface area contributed by atoms with Gasteiger partial charge in [0.25, 0.3) is 0 Å². The molecule has 0 amide bonds. The second kappa shape index (κ2) is 10.2. The summed E-state index contributed by atoms with van der Waals surface area (Å²) >= 11 is 0. The van der Waals surface area contributed by atoms with Crippen LogP contribution in [0.1, 0.15) is 23.5 Å². The molecule has 0 fully saturated rings. The predicted octanol–water partition coefficient (Wildman–Crippen LogP) is 9.04. The van der Waals surface area contributed by atoms with Gasteiger partial charge < -0.3 is 0 Å². The number of hydrogen-bond donors (Lipinski definition) is 0. The molecule has 0 spiro atoms. The number of rotatable bonds is 4. The maximum Gasteiger partial charge on any atom is 0.164 e. The molecular formula is C38H26N4. The maximum atomic E-state index is 5.06. The molecule has 2 heterocycles. The van der Waals surface area contributed by atoms with E-state index in [1.165, 1.54) is 27.8 Å². The normalized spacial score (nSPS) is 14.9. The predicted molar refractivity (Wildman–Crippen MR) is 169 cm³/mol. The van der Waals surface area contributed by atoms with Crippen LogP contribution in [0.4, 0.5) is 0 Å². The van der Waals surface area contributed by atoms with Crippen molar-refractivity contribution in [3.05, 3.63) is 151 Å². The topological polar surface area (TPSA) is 51.6 Å². The zero-order valence-corrected chi connectivity index (χ0v) is 22.9. The van der Waals surface area contributed by atoms with Crippen molar-refractivity contribution in [2.24, 2.45) is 0 Å². The van der Waals surface area contributed by atoms with E-state index in [1.807, 2.05) is 48.7 Å². The standard InChI is InChI=1S/C38H26N4/c1-2-10-25(11-3-1)36-40-37(27-13-8-12-26(22-27)29-14-9-21-39-24-29)42-38(41-36)28-19-20-34-32-17-5-4-15-30(32)31-16-6-7-18-33(31)35(34)23-28/h1-14,16-24,30H,15H2. The van der Waals surface area contributed by atoms with Gasteiger partial charge in [-0.3, -0.25) is 4.98 Å². The second-order valence-corrected chi connectivity index (χ2v) is 10.7. The summed E-state index contributed by atoms with van der Waals surface area (Å²) in [5.41, 5.74) is 11.5. The fourth-order valence-electron chi connectivity index (χ4n) is 6.13. The van der Waals surface area contributed by atoms with E-state index in [0.717, 1.165) is 34.2 Å². The SMILES string of the molecule is C1=CCC2C(=C1)c1ccc(-c3nc(-c4ccccc4)nc(-c4cccc(-c5cccnc5)c4)n3)cc1-c1ccccc12. The molecule has 42 heavy (non-hydrogen) atoms. The molecular weight excluding hydrogens is 512 g/mol. The second-order valence-electron chi connectivity index (χ2n) is 10.7. The van der Waals surface area contributed by atoms with E-state index in [1.54, 1.807) is 6.20 Å². The highest BCUT2D eigenvalue weighted by Crippen LogP contribution is 2.49. The van der Waals surface area contributed by atoms with Gasteiger partial charge in [-0.05, 0) is 58.0 Å². The van der Waals surface area contributed by atoms with Gasteiger partial charge in [-0.25, -0.2) is 15.0 Å². The van der Waals surface area contributed by atoms with Gasteiger partial charge in [0.2, 0.25) is 0 Å². The summed E-state index contributed by atoms with van der Waals surface area (Å²) in [4.78, 5) is 19.3. The Morgan fingerprint density at radius 1 is 0.524 bits per heavy atom. The first-order valence-corrected chi connectivity index (χ1v) is 14.2. The molecule has 0 bridgehead atoms. The van der Waals surface area contributed by atoms with E-state index in [4.69, 9.17) is 15.0 Å². The lowest BCUT2D eigenvalue weighted by molar-refractivity contribution is 0.868. The summed E-state index contributed by atoms with van der Waals surface area (Å²) < 4.78 is 0. The molecule has 198 valence electrons. The van der Waals surface area contributed by atoms with Gasteiger partial charge in [-0.15, -0.1) is 0 Å². The molecule has 2 aliphatic rings. The van der Waals surface area contributed by atoms with Gasteiger partial charge in [0.05, 0.1) is 0 Å². The van der Waals surface area contributed by atoms with Crippen LogP contribution in [0.2, 0.25) is 0 Å². The molecule has 1 atom stereocenters. The molecule has 0 saturated heterocycles.